The summed E-state index contributed by atoms with van der Waals surface area (Å²) in [6.45, 7) is 4.57. The Hall–Kier alpha value is -3.30. The number of hydrogen-bond donors (Lipinski definition) is 2. The van der Waals surface area contributed by atoms with Gasteiger partial charge in [0.25, 0.3) is 5.91 Å². The molecule has 0 saturated heterocycles. The summed E-state index contributed by atoms with van der Waals surface area (Å²) in [5, 5.41) is 16.1. The van der Waals surface area contributed by atoms with Crippen LogP contribution in [0.2, 0.25) is 0 Å². The number of sulfonamides is 1. The summed E-state index contributed by atoms with van der Waals surface area (Å²) in [7, 11) is -2.46. The molecule has 3 aromatic rings. The van der Waals surface area contributed by atoms with Crippen LogP contribution in [0.4, 0.5) is 0 Å². The molecule has 1 atom stereocenters. The summed E-state index contributed by atoms with van der Waals surface area (Å²) in [6.07, 6.45) is 0.795. The third kappa shape index (κ3) is 8.10. The zero-order valence-corrected chi connectivity index (χ0v) is 24.0. The van der Waals surface area contributed by atoms with Gasteiger partial charge in [0.05, 0.1) is 21.9 Å². The number of thiophene rings is 1. The number of hydrogen-bond acceptors (Lipinski definition) is 7. The van der Waals surface area contributed by atoms with E-state index in [2.05, 4.69) is 10.6 Å². The number of benzene rings is 2. The van der Waals surface area contributed by atoms with Gasteiger partial charge in [-0.05, 0) is 48.4 Å². The fourth-order valence-electron chi connectivity index (χ4n) is 4.08. The van der Waals surface area contributed by atoms with Crippen molar-refractivity contribution in [2.24, 2.45) is 5.92 Å². The lowest BCUT2D eigenvalue weighted by atomic mass is 10.0. The molecule has 1 heterocycles. The summed E-state index contributed by atoms with van der Waals surface area (Å²) in [4.78, 5) is 26.4. The maximum Gasteiger partial charge on any atom is 0.262 e. The second-order valence-corrected chi connectivity index (χ2v) is 12.4. The molecule has 2 amide bonds. The van der Waals surface area contributed by atoms with Crippen LogP contribution in [-0.2, 0) is 19.6 Å². The van der Waals surface area contributed by atoms with E-state index in [4.69, 9.17) is 4.74 Å². The van der Waals surface area contributed by atoms with Crippen LogP contribution < -0.4 is 10.6 Å². The first-order chi connectivity index (χ1) is 18.7. The molecular weight excluding hydrogens is 536 g/mol. The van der Waals surface area contributed by atoms with Crippen LogP contribution in [0, 0.1) is 17.2 Å². The number of nitrogens with one attached hydrogen (secondary N) is 2. The Morgan fingerprint density at radius 2 is 1.82 bits per heavy atom. The number of amides is 2. The third-order valence-electron chi connectivity index (χ3n) is 6.03. The third-order valence-corrected chi connectivity index (χ3v) is 9.10. The van der Waals surface area contributed by atoms with Gasteiger partial charge in [-0.2, -0.15) is 9.57 Å². The maximum atomic E-state index is 13.3. The van der Waals surface area contributed by atoms with E-state index >= 15 is 0 Å². The largest absolute Gasteiger partial charge is 0.383 e. The van der Waals surface area contributed by atoms with Crippen molar-refractivity contribution in [2.75, 3.05) is 33.4 Å². The van der Waals surface area contributed by atoms with Gasteiger partial charge in [-0.3, -0.25) is 9.59 Å². The molecule has 0 radical (unpaired) electrons. The van der Waals surface area contributed by atoms with Crippen molar-refractivity contribution < 1.29 is 22.7 Å². The molecule has 0 spiro atoms. The molecule has 2 aromatic carbocycles. The quantitative estimate of drug-likeness (QED) is 0.284. The van der Waals surface area contributed by atoms with Gasteiger partial charge in [0.2, 0.25) is 15.9 Å². The van der Waals surface area contributed by atoms with E-state index in [1.54, 1.807) is 12.1 Å². The average molecular weight is 571 g/mol. The molecule has 0 fully saturated rings. The number of methoxy groups -OCH3 is 1. The Kier molecular flexibility index (Phi) is 11.0. The highest BCUT2D eigenvalue weighted by molar-refractivity contribution is 7.89. The standard InChI is InChI=1S/C28H34N4O5S2/c1-20(2)17-23(31-28(34)25-18-21-9-4-6-11-24(21)38-25)27(33)30-13-8-14-32(15-16-37-3)39(35,36)26-12-7-5-10-22(26)19-29/h4-7,9-12,18,20,23H,8,13-17H2,1-3H3,(H,30,33)(H,31,34)/t23-/m0/s1. The summed E-state index contributed by atoms with van der Waals surface area (Å²) in [6, 6.07) is 16.8. The molecule has 0 aliphatic carbocycles. The van der Waals surface area contributed by atoms with Crippen LogP contribution in [0.15, 0.2) is 59.5 Å². The van der Waals surface area contributed by atoms with Gasteiger partial charge in [-0.1, -0.05) is 44.2 Å². The monoisotopic (exact) mass is 570 g/mol. The number of carbonyl (C=O) groups excluding carboxylic acids is 2. The van der Waals surface area contributed by atoms with Crippen LogP contribution in [0.3, 0.4) is 0 Å². The van der Waals surface area contributed by atoms with E-state index in [-0.39, 0.29) is 54.4 Å². The number of nitriles is 1. The van der Waals surface area contributed by atoms with Gasteiger partial charge in [0.1, 0.15) is 12.1 Å². The lowest BCUT2D eigenvalue weighted by molar-refractivity contribution is -0.123. The molecule has 0 aliphatic heterocycles. The van der Waals surface area contributed by atoms with Gasteiger partial charge in [0.15, 0.2) is 0 Å². The lowest BCUT2D eigenvalue weighted by Gasteiger charge is -2.23. The Balaban J connectivity index is 1.62. The number of carbonyl (C=O) groups is 2. The van der Waals surface area contributed by atoms with Gasteiger partial charge >= 0.3 is 0 Å². The molecule has 2 N–H and O–H groups in total. The number of fused-ring (bicyclic) bond motifs is 1. The van der Waals surface area contributed by atoms with Gasteiger partial charge in [-0.15, -0.1) is 11.3 Å². The zero-order valence-electron chi connectivity index (χ0n) is 22.3. The Morgan fingerprint density at radius 3 is 2.51 bits per heavy atom. The van der Waals surface area contributed by atoms with E-state index in [0.29, 0.717) is 17.7 Å². The first kappa shape index (κ1) is 30.2. The predicted molar refractivity (Wildman–Crippen MR) is 152 cm³/mol. The fourth-order valence-corrected chi connectivity index (χ4v) is 6.66. The van der Waals surface area contributed by atoms with Crippen molar-refractivity contribution in [1.29, 1.82) is 5.26 Å². The van der Waals surface area contributed by atoms with E-state index in [0.717, 1.165) is 10.1 Å². The number of rotatable bonds is 14. The second-order valence-electron chi connectivity index (χ2n) is 9.45. The van der Waals surface area contributed by atoms with Gasteiger partial charge in [-0.25, -0.2) is 8.42 Å². The zero-order chi connectivity index (χ0) is 28.4. The molecular formula is C28H34N4O5S2. The van der Waals surface area contributed by atoms with Gasteiger partial charge < -0.3 is 15.4 Å². The van der Waals surface area contributed by atoms with Crippen molar-refractivity contribution >= 4 is 43.3 Å². The molecule has 3 rings (SSSR count). The van der Waals surface area contributed by atoms with Crippen molar-refractivity contribution in [3.8, 4) is 6.07 Å². The summed E-state index contributed by atoms with van der Waals surface area (Å²) in [5.74, 6) is -0.456. The van der Waals surface area contributed by atoms with E-state index < -0.39 is 16.1 Å². The van der Waals surface area contributed by atoms with Crippen LogP contribution in [-0.4, -0.2) is 63.9 Å². The van der Waals surface area contributed by atoms with Crippen molar-refractivity contribution in [3.05, 3.63) is 65.0 Å². The average Bonchev–Trinajstić information content (AvgIpc) is 3.36. The molecule has 0 saturated carbocycles. The van der Waals surface area contributed by atoms with Crippen molar-refractivity contribution in [1.82, 2.24) is 14.9 Å². The molecule has 1 aromatic heterocycles. The van der Waals surface area contributed by atoms with E-state index in [9.17, 15) is 23.3 Å². The number of ether oxygens (including phenoxy) is 1. The highest BCUT2D eigenvalue weighted by Crippen LogP contribution is 2.25. The second kappa shape index (κ2) is 14.2. The van der Waals surface area contributed by atoms with Crippen LogP contribution in [0.1, 0.15) is 41.9 Å². The number of nitrogens with zero attached hydrogens (tertiary/aromatic N) is 2. The Labute approximate surface area is 233 Å². The first-order valence-corrected chi connectivity index (χ1v) is 15.0. The molecule has 208 valence electrons. The molecule has 11 heteroatoms. The van der Waals surface area contributed by atoms with Crippen molar-refractivity contribution in [2.45, 2.75) is 37.6 Å². The lowest BCUT2D eigenvalue weighted by Crippen LogP contribution is -2.47. The highest BCUT2D eigenvalue weighted by atomic mass is 32.2. The summed E-state index contributed by atoms with van der Waals surface area (Å²) < 4.78 is 33.9. The molecule has 0 aliphatic rings. The Bertz CT molecular complexity index is 1400. The van der Waals surface area contributed by atoms with Crippen molar-refractivity contribution in [3.63, 3.8) is 0 Å². The molecule has 39 heavy (non-hydrogen) atoms. The smallest absolute Gasteiger partial charge is 0.262 e. The molecule has 9 nitrogen and oxygen atoms in total. The predicted octanol–water partition coefficient (Wildman–Crippen LogP) is 3.76. The summed E-state index contributed by atoms with van der Waals surface area (Å²) >= 11 is 1.38. The topological polar surface area (TPSA) is 129 Å². The minimum Gasteiger partial charge on any atom is -0.383 e. The van der Waals surface area contributed by atoms with Gasteiger partial charge in [0, 0.05) is 31.4 Å². The SMILES string of the molecule is COCCN(CCCNC(=O)[C@H](CC(C)C)NC(=O)c1cc2ccccc2s1)S(=O)(=O)c1ccccc1C#N. The maximum absolute atomic E-state index is 13.3. The minimum atomic E-state index is -3.94. The normalized spacial score (nSPS) is 12.4. The molecule has 0 unspecified atom stereocenters. The summed E-state index contributed by atoms with van der Waals surface area (Å²) in [5.41, 5.74) is 0.0686. The van der Waals surface area contributed by atoms with Crippen LogP contribution in [0.5, 0.6) is 0 Å². The molecule has 0 bridgehead atoms. The highest BCUT2D eigenvalue weighted by Gasteiger charge is 2.27. The Morgan fingerprint density at radius 1 is 1.10 bits per heavy atom. The van der Waals surface area contributed by atoms with E-state index in [1.165, 1.54) is 34.9 Å². The van der Waals surface area contributed by atoms with E-state index in [1.807, 2.05) is 50.2 Å². The van der Waals surface area contributed by atoms with Crippen LogP contribution in [0.25, 0.3) is 10.1 Å². The minimum absolute atomic E-state index is 0.0615. The fraction of sp³-hybridized carbons (Fsp3) is 0.393. The first-order valence-electron chi connectivity index (χ1n) is 12.7. The van der Waals surface area contributed by atoms with Crippen LogP contribution >= 0.6 is 11.3 Å².